The fourth-order valence-corrected chi connectivity index (χ4v) is 2.57. The van der Waals surface area contributed by atoms with Crippen LogP contribution in [0.5, 0.6) is 0 Å². The van der Waals surface area contributed by atoms with Crippen molar-refractivity contribution in [1.29, 1.82) is 0 Å². The molecule has 0 aliphatic rings. The molecule has 1 heterocycles. The Morgan fingerprint density at radius 2 is 1.83 bits per heavy atom. The van der Waals surface area contributed by atoms with Crippen molar-refractivity contribution in [2.45, 2.75) is 6.54 Å². The maximum absolute atomic E-state index is 13.3. The van der Waals surface area contributed by atoms with E-state index in [9.17, 15) is 13.6 Å². The second-order valence-corrected chi connectivity index (χ2v) is 5.89. The van der Waals surface area contributed by atoms with Crippen LogP contribution in [0.25, 0.3) is 11.3 Å². The lowest BCUT2D eigenvalue weighted by molar-refractivity contribution is 0.505. The predicted octanol–water partition coefficient (Wildman–Crippen LogP) is 4.00. The molecule has 0 aliphatic carbocycles. The van der Waals surface area contributed by atoms with Gasteiger partial charge in [-0.3, -0.25) is 4.79 Å². The van der Waals surface area contributed by atoms with E-state index in [-0.39, 0.29) is 12.1 Å². The average molecular weight is 377 g/mol. The van der Waals surface area contributed by atoms with Gasteiger partial charge in [0.25, 0.3) is 5.56 Å². The molecule has 0 fully saturated rings. The maximum atomic E-state index is 13.3. The number of hydrogen-bond donors (Lipinski definition) is 0. The van der Waals surface area contributed by atoms with Gasteiger partial charge < -0.3 is 0 Å². The molecule has 0 unspecified atom stereocenters. The van der Waals surface area contributed by atoms with Crippen molar-refractivity contribution in [3.05, 3.63) is 86.6 Å². The highest BCUT2D eigenvalue weighted by Gasteiger charge is 2.07. The molecule has 0 saturated carbocycles. The largest absolute Gasteiger partial charge is 0.268 e. The summed E-state index contributed by atoms with van der Waals surface area (Å²) in [6, 6.07) is 14.1. The highest BCUT2D eigenvalue weighted by molar-refractivity contribution is 9.10. The van der Waals surface area contributed by atoms with Crippen LogP contribution >= 0.6 is 15.9 Å². The van der Waals surface area contributed by atoms with Crippen LogP contribution < -0.4 is 5.56 Å². The quantitative estimate of drug-likeness (QED) is 0.692. The molecule has 0 atom stereocenters. The number of aromatic nitrogens is 2. The Balaban J connectivity index is 1.97. The molecular formula is C17H11BrF2N2O. The third-order valence-corrected chi connectivity index (χ3v) is 3.80. The Kier molecular flexibility index (Phi) is 4.34. The summed E-state index contributed by atoms with van der Waals surface area (Å²) in [5.74, 6) is -1.87. The average Bonchev–Trinajstić information content (AvgIpc) is 2.53. The van der Waals surface area contributed by atoms with Gasteiger partial charge in [-0.1, -0.05) is 34.1 Å². The van der Waals surface area contributed by atoms with Crippen LogP contribution in [-0.4, -0.2) is 9.78 Å². The zero-order valence-electron chi connectivity index (χ0n) is 11.8. The Labute approximate surface area is 139 Å². The van der Waals surface area contributed by atoms with Gasteiger partial charge in [-0.25, -0.2) is 13.5 Å². The van der Waals surface area contributed by atoms with Crippen LogP contribution in [0.15, 0.2) is 63.9 Å². The van der Waals surface area contributed by atoms with E-state index in [1.807, 2.05) is 24.3 Å². The SMILES string of the molecule is O=c1ccc(-c2cccc(Br)c2)nn1Cc1ccc(F)c(F)c1. The van der Waals surface area contributed by atoms with Crippen LogP contribution in [0.3, 0.4) is 0 Å². The molecule has 116 valence electrons. The summed E-state index contributed by atoms with van der Waals surface area (Å²) in [4.78, 5) is 11.9. The topological polar surface area (TPSA) is 34.9 Å². The normalized spacial score (nSPS) is 10.7. The van der Waals surface area contributed by atoms with Crippen molar-refractivity contribution in [2.75, 3.05) is 0 Å². The number of hydrogen-bond acceptors (Lipinski definition) is 2. The number of rotatable bonds is 3. The monoisotopic (exact) mass is 376 g/mol. The first kappa shape index (κ1) is 15.6. The lowest BCUT2D eigenvalue weighted by atomic mass is 10.1. The minimum Gasteiger partial charge on any atom is -0.268 e. The maximum Gasteiger partial charge on any atom is 0.267 e. The Morgan fingerprint density at radius 3 is 2.57 bits per heavy atom. The number of nitrogens with zero attached hydrogens (tertiary/aromatic N) is 2. The van der Waals surface area contributed by atoms with E-state index in [4.69, 9.17) is 0 Å². The first-order valence-electron chi connectivity index (χ1n) is 6.81. The van der Waals surface area contributed by atoms with E-state index < -0.39 is 11.6 Å². The molecule has 3 aromatic rings. The van der Waals surface area contributed by atoms with Crippen molar-refractivity contribution < 1.29 is 8.78 Å². The van der Waals surface area contributed by atoms with Gasteiger partial charge in [-0.05, 0) is 35.9 Å². The zero-order valence-corrected chi connectivity index (χ0v) is 13.4. The smallest absolute Gasteiger partial charge is 0.267 e. The predicted molar refractivity (Wildman–Crippen MR) is 87.1 cm³/mol. The fourth-order valence-electron chi connectivity index (χ4n) is 2.17. The minimum atomic E-state index is -0.946. The van der Waals surface area contributed by atoms with Crippen LogP contribution in [-0.2, 0) is 6.54 Å². The Morgan fingerprint density at radius 1 is 1.00 bits per heavy atom. The molecule has 0 radical (unpaired) electrons. The molecular weight excluding hydrogens is 366 g/mol. The fraction of sp³-hybridized carbons (Fsp3) is 0.0588. The van der Waals surface area contributed by atoms with Crippen LogP contribution in [0, 0.1) is 11.6 Å². The van der Waals surface area contributed by atoms with E-state index in [1.165, 1.54) is 16.8 Å². The summed E-state index contributed by atoms with van der Waals surface area (Å²) in [5.41, 5.74) is 1.62. The van der Waals surface area contributed by atoms with Crippen molar-refractivity contribution in [2.24, 2.45) is 0 Å². The molecule has 3 nitrogen and oxygen atoms in total. The lowest BCUT2D eigenvalue weighted by Crippen LogP contribution is -2.22. The summed E-state index contributed by atoms with van der Waals surface area (Å²) in [7, 11) is 0. The first-order chi connectivity index (χ1) is 11.0. The molecule has 3 rings (SSSR count). The van der Waals surface area contributed by atoms with E-state index >= 15 is 0 Å². The third-order valence-electron chi connectivity index (χ3n) is 3.30. The summed E-state index contributed by atoms with van der Waals surface area (Å²) in [6.07, 6.45) is 0. The summed E-state index contributed by atoms with van der Waals surface area (Å²) in [5, 5.41) is 4.30. The molecule has 0 N–H and O–H groups in total. The second kappa shape index (κ2) is 6.42. The van der Waals surface area contributed by atoms with Gasteiger partial charge in [0.05, 0.1) is 12.2 Å². The number of benzene rings is 2. The van der Waals surface area contributed by atoms with Gasteiger partial charge >= 0.3 is 0 Å². The minimum absolute atomic E-state index is 0.0673. The summed E-state index contributed by atoms with van der Waals surface area (Å²) in [6.45, 7) is 0.0673. The van der Waals surface area contributed by atoms with Gasteiger partial charge in [0.15, 0.2) is 11.6 Å². The Hall–Kier alpha value is -2.34. The third kappa shape index (κ3) is 3.53. The van der Waals surface area contributed by atoms with Crippen molar-refractivity contribution in [3.8, 4) is 11.3 Å². The van der Waals surface area contributed by atoms with Gasteiger partial charge in [0.2, 0.25) is 0 Å². The zero-order chi connectivity index (χ0) is 16.4. The molecule has 2 aromatic carbocycles. The standard InChI is InChI=1S/C17H11BrF2N2O/c18-13-3-1-2-12(9-13)16-6-7-17(23)22(21-16)10-11-4-5-14(19)15(20)8-11/h1-9H,10H2. The molecule has 0 spiro atoms. The first-order valence-corrected chi connectivity index (χ1v) is 7.60. The van der Waals surface area contributed by atoms with E-state index in [2.05, 4.69) is 21.0 Å². The Bertz CT molecular complexity index is 924. The molecule has 0 amide bonds. The second-order valence-electron chi connectivity index (χ2n) is 4.97. The van der Waals surface area contributed by atoms with E-state index in [0.29, 0.717) is 11.3 Å². The van der Waals surface area contributed by atoms with Gasteiger partial charge in [0, 0.05) is 16.1 Å². The number of halogens is 3. The molecule has 0 bridgehead atoms. The van der Waals surface area contributed by atoms with E-state index in [1.54, 1.807) is 6.07 Å². The van der Waals surface area contributed by atoms with Crippen molar-refractivity contribution in [3.63, 3.8) is 0 Å². The summed E-state index contributed by atoms with van der Waals surface area (Å²) >= 11 is 3.39. The lowest BCUT2D eigenvalue weighted by Gasteiger charge is -2.08. The molecule has 0 aliphatic heterocycles. The van der Waals surface area contributed by atoms with Crippen LogP contribution in [0.1, 0.15) is 5.56 Å². The molecule has 6 heteroatoms. The molecule has 23 heavy (non-hydrogen) atoms. The molecule has 1 aromatic heterocycles. The highest BCUT2D eigenvalue weighted by Crippen LogP contribution is 2.20. The van der Waals surface area contributed by atoms with Crippen molar-refractivity contribution >= 4 is 15.9 Å². The van der Waals surface area contributed by atoms with Gasteiger partial charge in [-0.15, -0.1) is 0 Å². The van der Waals surface area contributed by atoms with Crippen LogP contribution in [0.2, 0.25) is 0 Å². The van der Waals surface area contributed by atoms with Crippen molar-refractivity contribution in [1.82, 2.24) is 9.78 Å². The van der Waals surface area contributed by atoms with E-state index in [0.717, 1.165) is 22.2 Å². The van der Waals surface area contributed by atoms with Gasteiger partial charge in [-0.2, -0.15) is 5.10 Å². The molecule has 0 saturated heterocycles. The highest BCUT2D eigenvalue weighted by atomic mass is 79.9. The van der Waals surface area contributed by atoms with Crippen LogP contribution in [0.4, 0.5) is 8.78 Å². The van der Waals surface area contributed by atoms with Gasteiger partial charge in [0.1, 0.15) is 0 Å². The summed E-state index contributed by atoms with van der Waals surface area (Å²) < 4.78 is 28.4.